The number of ketones is 1. The van der Waals surface area contributed by atoms with Crippen LogP contribution in [0.1, 0.15) is 41.5 Å². The molecule has 0 aromatic rings. The van der Waals surface area contributed by atoms with E-state index in [1.54, 1.807) is 41.5 Å². The van der Waals surface area contributed by atoms with Gasteiger partial charge < -0.3 is 9.47 Å². The van der Waals surface area contributed by atoms with Crippen LogP contribution in [-0.4, -0.2) is 47.0 Å². The summed E-state index contributed by atoms with van der Waals surface area (Å²) in [5.41, 5.74) is -1.72. The quantitative estimate of drug-likeness (QED) is 0.571. The van der Waals surface area contributed by atoms with Crippen molar-refractivity contribution in [1.82, 2.24) is 4.90 Å². The summed E-state index contributed by atoms with van der Waals surface area (Å²) in [7, 11) is 0. The van der Waals surface area contributed by atoms with Gasteiger partial charge in [0.15, 0.2) is 5.78 Å². The summed E-state index contributed by atoms with van der Waals surface area (Å²) < 4.78 is 10.2. The van der Waals surface area contributed by atoms with E-state index < -0.39 is 29.1 Å². The minimum absolute atomic E-state index is 0.000417. The normalized spacial score (nSPS) is 21.8. The Morgan fingerprint density at radius 2 is 1.90 bits per heavy atom. The highest BCUT2D eigenvalue weighted by molar-refractivity contribution is 6.07. The second-order valence-electron chi connectivity index (χ2n) is 6.32. The lowest BCUT2D eigenvalue weighted by atomic mass is 9.95. The molecule has 114 valence electrons. The largest absolute Gasteiger partial charge is 0.465 e. The van der Waals surface area contributed by atoms with Crippen molar-refractivity contribution in [3.63, 3.8) is 0 Å². The predicted octanol–water partition coefficient (Wildman–Crippen LogP) is 1.76. The number of esters is 1. The number of Topliss-reactive ketones (excluding diaryl/α,β-unsaturated/α-hetero) is 1. The van der Waals surface area contributed by atoms with Crippen molar-refractivity contribution < 1.29 is 23.9 Å². The van der Waals surface area contributed by atoms with Gasteiger partial charge in [0, 0.05) is 6.54 Å². The summed E-state index contributed by atoms with van der Waals surface area (Å²) in [6, 6.07) is 0. The second kappa shape index (κ2) is 5.42. The number of rotatable bonds is 2. The van der Waals surface area contributed by atoms with Gasteiger partial charge in [-0.05, 0) is 41.5 Å². The molecule has 6 heteroatoms. The standard InChI is InChI=1S/C14H23NO5/c1-7-19-11(17)9-8-15(14(5,6)10(9)16)12(18)20-13(2,3)4/h9H,7-8H2,1-6H3/t9-/m1/s1. The molecule has 1 saturated heterocycles. The first-order valence-corrected chi connectivity index (χ1v) is 6.72. The van der Waals surface area contributed by atoms with Gasteiger partial charge in [-0.1, -0.05) is 0 Å². The Hall–Kier alpha value is -1.59. The molecule has 0 aromatic heterocycles. The molecule has 1 atom stereocenters. The van der Waals surface area contributed by atoms with E-state index in [0.717, 1.165) is 0 Å². The molecule has 0 spiro atoms. The molecule has 1 aliphatic heterocycles. The lowest BCUT2D eigenvalue weighted by Gasteiger charge is -2.31. The zero-order chi connectivity index (χ0) is 15.7. The maximum Gasteiger partial charge on any atom is 0.411 e. The zero-order valence-corrected chi connectivity index (χ0v) is 13.0. The van der Waals surface area contributed by atoms with Crippen LogP contribution in [0.25, 0.3) is 0 Å². The minimum atomic E-state index is -1.07. The van der Waals surface area contributed by atoms with Crippen LogP contribution in [-0.2, 0) is 19.1 Å². The third kappa shape index (κ3) is 3.29. The van der Waals surface area contributed by atoms with Gasteiger partial charge in [0.2, 0.25) is 0 Å². The fourth-order valence-corrected chi connectivity index (χ4v) is 2.10. The Balaban J connectivity index is 2.92. The fraction of sp³-hybridized carbons (Fsp3) is 0.786. The molecule has 0 bridgehead atoms. The van der Waals surface area contributed by atoms with E-state index in [2.05, 4.69) is 0 Å². The Morgan fingerprint density at radius 1 is 1.35 bits per heavy atom. The van der Waals surface area contributed by atoms with Crippen molar-refractivity contribution in [2.75, 3.05) is 13.2 Å². The van der Waals surface area contributed by atoms with Crippen molar-refractivity contribution in [3.05, 3.63) is 0 Å². The van der Waals surface area contributed by atoms with Crippen LogP contribution in [0.2, 0.25) is 0 Å². The van der Waals surface area contributed by atoms with E-state index in [4.69, 9.17) is 9.47 Å². The van der Waals surface area contributed by atoms with Crippen LogP contribution < -0.4 is 0 Å². The summed E-state index contributed by atoms with van der Waals surface area (Å²) in [6.07, 6.45) is -0.595. The third-order valence-corrected chi connectivity index (χ3v) is 3.14. The van der Waals surface area contributed by atoms with Crippen LogP contribution in [0.5, 0.6) is 0 Å². The predicted molar refractivity (Wildman–Crippen MR) is 72.1 cm³/mol. The van der Waals surface area contributed by atoms with Gasteiger partial charge in [-0.25, -0.2) is 4.79 Å². The lowest BCUT2D eigenvalue weighted by molar-refractivity contribution is -0.150. The number of carbonyl (C=O) groups excluding carboxylic acids is 3. The van der Waals surface area contributed by atoms with Gasteiger partial charge in [0.1, 0.15) is 17.1 Å². The molecule has 0 aliphatic carbocycles. The summed E-state index contributed by atoms with van der Waals surface area (Å²) >= 11 is 0. The van der Waals surface area contributed by atoms with Crippen molar-refractivity contribution in [2.45, 2.75) is 52.7 Å². The molecule has 0 aromatic carbocycles. The molecule has 0 saturated carbocycles. The summed E-state index contributed by atoms with van der Waals surface area (Å²) in [4.78, 5) is 37.5. The Bertz CT molecular complexity index is 422. The molecule has 1 fully saturated rings. The molecule has 1 heterocycles. The first kappa shape index (κ1) is 16.5. The van der Waals surface area contributed by atoms with Gasteiger partial charge in [-0.3, -0.25) is 14.5 Å². The molecule has 0 unspecified atom stereocenters. The van der Waals surface area contributed by atoms with Crippen molar-refractivity contribution in [3.8, 4) is 0 Å². The molecule has 1 aliphatic rings. The SMILES string of the molecule is CCOC(=O)[C@@H]1CN(C(=O)OC(C)(C)C)C(C)(C)C1=O. The third-order valence-electron chi connectivity index (χ3n) is 3.14. The van der Waals surface area contributed by atoms with Gasteiger partial charge >= 0.3 is 12.1 Å². The molecular weight excluding hydrogens is 262 g/mol. The van der Waals surface area contributed by atoms with E-state index >= 15 is 0 Å². The highest BCUT2D eigenvalue weighted by Crippen LogP contribution is 2.31. The van der Waals surface area contributed by atoms with Crippen LogP contribution in [0.3, 0.4) is 0 Å². The fourth-order valence-electron chi connectivity index (χ4n) is 2.10. The lowest BCUT2D eigenvalue weighted by Crippen LogP contribution is -2.48. The first-order chi connectivity index (χ1) is 9.00. The van der Waals surface area contributed by atoms with Crippen LogP contribution in [0.4, 0.5) is 4.79 Å². The second-order valence-corrected chi connectivity index (χ2v) is 6.32. The molecule has 6 nitrogen and oxygen atoms in total. The average Bonchev–Trinajstić information content (AvgIpc) is 2.49. The van der Waals surface area contributed by atoms with Crippen LogP contribution in [0.15, 0.2) is 0 Å². The minimum Gasteiger partial charge on any atom is -0.465 e. The maximum atomic E-state index is 12.3. The number of likely N-dealkylation sites (tertiary alicyclic amines) is 1. The highest BCUT2D eigenvalue weighted by Gasteiger charge is 2.53. The average molecular weight is 285 g/mol. The van der Waals surface area contributed by atoms with E-state index in [9.17, 15) is 14.4 Å². The van der Waals surface area contributed by atoms with Crippen molar-refractivity contribution in [1.29, 1.82) is 0 Å². The molecule has 20 heavy (non-hydrogen) atoms. The van der Waals surface area contributed by atoms with E-state index in [1.807, 2.05) is 0 Å². The number of nitrogens with zero attached hydrogens (tertiary/aromatic N) is 1. The van der Waals surface area contributed by atoms with E-state index in [0.29, 0.717) is 0 Å². The summed E-state index contributed by atoms with van der Waals surface area (Å²) in [5, 5.41) is 0. The van der Waals surface area contributed by atoms with Crippen molar-refractivity contribution >= 4 is 17.8 Å². The number of amides is 1. The first-order valence-electron chi connectivity index (χ1n) is 6.72. The molecule has 1 amide bonds. The maximum absolute atomic E-state index is 12.3. The van der Waals surface area contributed by atoms with E-state index in [1.165, 1.54) is 4.90 Å². The molecular formula is C14H23NO5. The Labute approximate surface area is 119 Å². The Kier molecular flexibility index (Phi) is 4.46. The van der Waals surface area contributed by atoms with Gasteiger partial charge in [-0.15, -0.1) is 0 Å². The number of hydrogen-bond acceptors (Lipinski definition) is 5. The monoisotopic (exact) mass is 285 g/mol. The zero-order valence-electron chi connectivity index (χ0n) is 13.0. The van der Waals surface area contributed by atoms with Crippen LogP contribution in [0, 0.1) is 5.92 Å². The number of carbonyl (C=O) groups is 3. The summed E-state index contributed by atoms with van der Waals surface area (Å²) in [5.74, 6) is -1.84. The Morgan fingerprint density at radius 3 is 2.35 bits per heavy atom. The van der Waals surface area contributed by atoms with E-state index in [-0.39, 0.29) is 18.9 Å². The summed E-state index contributed by atoms with van der Waals surface area (Å²) in [6.45, 7) is 10.3. The molecule has 0 N–H and O–H groups in total. The molecule has 1 rings (SSSR count). The van der Waals surface area contributed by atoms with Crippen LogP contribution >= 0.6 is 0 Å². The number of ether oxygens (including phenoxy) is 2. The number of hydrogen-bond donors (Lipinski definition) is 0. The van der Waals surface area contributed by atoms with Gasteiger partial charge in [0.05, 0.1) is 6.61 Å². The molecule has 0 radical (unpaired) electrons. The van der Waals surface area contributed by atoms with Crippen molar-refractivity contribution in [2.24, 2.45) is 5.92 Å². The van der Waals surface area contributed by atoms with Gasteiger partial charge in [-0.2, -0.15) is 0 Å². The van der Waals surface area contributed by atoms with Gasteiger partial charge in [0.25, 0.3) is 0 Å². The topological polar surface area (TPSA) is 72.9 Å². The highest BCUT2D eigenvalue weighted by atomic mass is 16.6. The smallest absolute Gasteiger partial charge is 0.411 e.